The second kappa shape index (κ2) is 5.79. The summed E-state index contributed by atoms with van der Waals surface area (Å²) >= 11 is 0. The Hall–Kier alpha value is -2.37. The van der Waals surface area contributed by atoms with E-state index in [2.05, 4.69) is 10.6 Å². The molecular formula is C16H21N3O3. The van der Waals surface area contributed by atoms with E-state index in [0.29, 0.717) is 12.1 Å². The number of carbonyl (C=O) groups excluding carboxylic acids is 3. The Morgan fingerprint density at radius 1 is 1.32 bits per heavy atom. The maximum atomic E-state index is 12.4. The van der Waals surface area contributed by atoms with Crippen LogP contribution in [0.15, 0.2) is 24.3 Å². The van der Waals surface area contributed by atoms with Crippen molar-refractivity contribution in [1.29, 1.82) is 0 Å². The topological polar surface area (TPSA) is 78.5 Å². The Bertz CT molecular complexity index is 612. The molecule has 2 atom stereocenters. The van der Waals surface area contributed by atoms with E-state index in [0.717, 1.165) is 10.5 Å². The first-order valence-corrected chi connectivity index (χ1v) is 7.32. The number of benzene rings is 1. The predicted octanol–water partition coefficient (Wildman–Crippen LogP) is 2.04. The van der Waals surface area contributed by atoms with E-state index in [9.17, 15) is 14.4 Å². The lowest BCUT2D eigenvalue weighted by atomic mass is 9.99. The van der Waals surface area contributed by atoms with E-state index in [1.807, 2.05) is 26.0 Å². The molecule has 6 nitrogen and oxygen atoms in total. The molecule has 4 amide bonds. The van der Waals surface area contributed by atoms with Gasteiger partial charge in [-0.05, 0) is 39.3 Å². The minimum absolute atomic E-state index is 0.369. The third-order valence-corrected chi connectivity index (χ3v) is 4.09. The monoisotopic (exact) mass is 303 g/mol. The highest BCUT2D eigenvalue weighted by atomic mass is 16.2. The van der Waals surface area contributed by atoms with Gasteiger partial charge in [0.2, 0.25) is 5.91 Å². The Labute approximate surface area is 129 Å². The highest BCUT2D eigenvalue weighted by Crippen LogP contribution is 2.23. The number of anilines is 1. The molecule has 0 radical (unpaired) electrons. The lowest BCUT2D eigenvalue weighted by molar-refractivity contribution is -0.136. The molecule has 1 aliphatic heterocycles. The summed E-state index contributed by atoms with van der Waals surface area (Å²) in [5.74, 6) is -0.765. The van der Waals surface area contributed by atoms with Crippen molar-refractivity contribution in [2.75, 3.05) is 5.32 Å². The summed E-state index contributed by atoms with van der Waals surface area (Å²) < 4.78 is 0. The molecule has 0 aliphatic carbocycles. The third-order valence-electron chi connectivity index (χ3n) is 4.09. The fraction of sp³-hybridized carbons (Fsp3) is 0.438. The van der Waals surface area contributed by atoms with Crippen molar-refractivity contribution >= 4 is 23.5 Å². The number of hydrogen-bond acceptors (Lipinski definition) is 3. The largest absolute Gasteiger partial charge is 0.325 e. The van der Waals surface area contributed by atoms with Gasteiger partial charge in [0, 0.05) is 5.69 Å². The Kier molecular flexibility index (Phi) is 4.21. The Morgan fingerprint density at radius 2 is 1.91 bits per heavy atom. The molecule has 0 saturated carbocycles. The number of urea groups is 1. The zero-order valence-corrected chi connectivity index (χ0v) is 13.3. The first-order valence-electron chi connectivity index (χ1n) is 7.32. The molecule has 1 saturated heterocycles. The van der Waals surface area contributed by atoms with Gasteiger partial charge in [-0.3, -0.25) is 9.59 Å². The fourth-order valence-corrected chi connectivity index (χ4v) is 2.30. The lowest BCUT2D eigenvalue weighted by Gasteiger charge is -2.23. The van der Waals surface area contributed by atoms with Crippen molar-refractivity contribution in [3.05, 3.63) is 29.8 Å². The first-order chi connectivity index (χ1) is 10.3. The van der Waals surface area contributed by atoms with Crippen LogP contribution in [0.4, 0.5) is 10.5 Å². The molecule has 1 aromatic rings. The van der Waals surface area contributed by atoms with E-state index in [-0.39, 0.29) is 5.91 Å². The van der Waals surface area contributed by atoms with Gasteiger partial charge in [0.25, 0.3) is 5.91 Å². The molecule has 2 N–H and O–H groups in total. The van der Waals surface area contributed by atoms with Gasteiger partial charge >= 0.3 is 6.03 Å². The molecule has 1 aromatic carbocycles. The van der Waals surface area contributed by atoms with Crippen LogP contribution in [0.25, 0.3) is 0 Å². The zero-order valence-electron chi connectivity index (χ0n) is 13.3. The van der Waals surface area contributed by atoms with Gasteiger partial charge in [-0.1, -0.05) is 24.6 Å². The molecule has 22 heavy (non-hydrogen) atoms. The number of carbonyl (C=O) groups is 3. The minimum atomic E-state index is -0.935. The summed E-state index contributed by atoms with van der Waals surface area (Å²) in [7, 11) is 0. The number of hydrogen-bond donors (Lipinski definition) is 2. The normalized spacial score (nSPS) is 22.5. The summed E-state index contributed by atoms with van der Waals surface area (Å²) in [4.78, 5) is 37.7. The summed E-state index contributed by atoms with van der Waals surface area (Å²) in [6.45, 7) is 6.98. The van der Waals surface area contributed by atoms with E-state index >= 15 is 0 Å². The standard InChI is InChI=1S/C16H21N3O3/c1-5-16(4)14(21)19(15(22)18-16)11(3)13(20)17-12-8-6-10(2)7-9-12/h6-9,11H,5H2,1-4H3,(H,17,20)(H,18,22)/t11-,16+/m1/s1. The molecule has 1 fully saturated rings. The molecule has 6 heteroatoms. The number of nitrogens with one attached hydrogen (secondary N) is 2. The summed E-state index contributed by atoms with van der Waals surface area (Å²) in [5.41, 5.74) is 0.779. The van der Waals surface area contributed by atoms with Gasteiger partial charge in [0.1, 0.15) is 11.6 Å². The van der Waals surface area contributed by atoms with Gasteiger partial charge in [-0.2, -0.15) is 0 Å². The van der Waals surface area contributed by atoms with Crippen molar-refractivity contribution in [3.63, 3.8) is 0 Å². The summed E-state index contributed by atoms with van der Waals surface area (Å²) in [6.07, 6.45) is 0.473. The van der Waals surface area contributed by atoms with Crippen LogP contribution in [0, 0.1) is 6.92 Å². The van der Waals surface area contributed by atoms with Gasteiger partial charge in [0.05, 0.1) is 0 Å². The van der Waals surface area contributed by atoms with Crippen molar-refractivity contribution < 1.29 is 14.4 Å². The van der Waals surface area contributed by atoms with Crippen LogP contribution < -0.4 is 10.6 Å². The predicted molar refractivity (Wildman–Crippen MR) is 83.3 cm³/mol. The highest BCUT2D eigenvalue weighted by Gasteiger charge is 2.49. The molecule has 1 aliphatic rings. The molecule has 2 rings (SSSR count). The van der Waals surface area contributed by atoms with Crippen molar-refractivity contribution in [3.8, 4) is 0 Å². The van der Waals surface area contributed by atoms with Crippen LogP contribution in [0.2, 0.25) is 0 Å². The van der Waals surface area contributed by atoms with E-state index in [1.54, 1.807) is 26.0 Å². The number of amides is 4. The summed E-state index contributed by atoms with van der Waals surface area (Å²) in [5, 5.41) is 5.36. The SMILES string of the molecule is CC[C@]1(C)NC(=O)N([C@H](C)C(=O)Nc2ccc(C)cc2)C1=O. The van der Waals surface area contributed by atoms with Crippen LogP contribution in [0.1, 0.15) is 32.8 Å². The van der Waals surface area contributed by atoms with Crippen LogP contribution in [-0.2, 0) is 9.59 Å². The smallest absolute Gasteiger partial charge is 0.324 e. The summed E-state index contributed by atoms with van der Waals surface area (Å²) in [6, 6.07) is 5.91. The Balaban J connectivity index is 2.12. The fourth-order valence-electron chi connectivity index (χ4n) is 2.30. The van der Waals surface area contributed by atoms with Crippen LogP contribution in [0.3, 0.4) is 0 Å². The average molecular weight is 303 g/mol. The van der Waals surface area contributed by atoms with Crippen LogP contribution >= 0.6 is 0 Å². The van der Waals surface area contributed by atoms with Gasteiger partial charge in [0.15, 0.2) is 0 Å². The molecule has 1 heterocycles. The van der Waals surface area contributed by atoms with E-state index < -0.39 is 23.5 Å². The second-order valence-corrected chi connectivity index (χ2v) is 5.82. The van der Waals surface area contributed by atoms with Crippen molar-refractivity contribution in [2.45, 2.75) is 45.7 Å². The van der Waals surface area contributed by atoms with E-state index in [1.165, 1.54) is 0 Å². The van der Waals surface area contributed by atoms with E-state index in [4.69, 9.17) is 0 Å². The van der Waals surface area contributed by atoms with Crippen LogP contribution in [-0.4, -0.2) is 34.3 Å². The number of aryl methyl sites for hydroxylation is 1. The maximum Gasteiger partial charge on any atom is 0.325 e. The number of rotatable bonds is 4. The second-order valence-electron chi connectivity index (χ2n) is 5.82. The third kappa shape index (κ3) is 2.81. The zero-order chi connectivity index (χ0) is 16.5. The number of nitrogens with zero attached hydrogens (tertiary/aromatic N) is 1. The molecule has 118 valence electrons. The molecule has 0 bridgehead atoms. The Morgan fingerprint density at radius 3 is 2.41 bits per heavy atom. The van der Waals surface area contributed by atoms with Crippen LogP contribution in [0.5, 0.6) is 0 Å². The number of imide groups is 1. The highest BCUT2D eigenvalue weighted by molar-refractivity contribution is 6.10. The van der Waals surface area contributed by atoms with Crippen molar-refractivity contribution in [2.24, 2.45) is 0 Å². The lowest BCUT2D eigenvalue weighted by Crippen LogP contribution is -2.47. The quantitative estimate of drug-likeness (QED) is 0.836. The van der Waals surface area contributed by atoms with Gasteiger partial charge in [-0.15, -0.1) is 0 Å². The van der Waals surface area contributed by atoms with Crippen molar-refractivity contribution in [1.82, 2.24) is 10.2 Å². The maximum absolute atomic E-state index is 12.4. The average Bonchev–Trinajstić information content (AvgIpc) is 2.71. The minimum Gasteiger partial charge on any atom is -0.324 e. The molecular weight excluding hydrogens is 282 g/mol. The molecule has 0 spiro atoms. The molecule has 0 unspecified atom stereocenters. The van der Waals surface area contributed by atoms with Gasteiger partial charge < -0.3 is 10.6 Å². The first kappa shape index (κ1) is 16.0. The van der Waals surface area contributed by atoms with Gasteiger partial charge in [-0.25, -0.2) is 9.69 Å². The molecule has 0 aromatic heterocycles.